The highest BCUT2D eigenvalue weighted by Gasteiger charge is 2.31. The maximum Gasteiger partial charge on any atom is 0.196 e. The Kier molecular flexibility index (Phi) is 10.1. The number of ketones is 2. The van der Waals surface area contributed by atoms with Gasteiger partial charge in [0.15, 0.2) is 11.6 Å². The predicted molar refractivity (Wildman–Crippen MR) is 162 cm³/mol. The third kappa shape index (κ3) is 7.15. The first kappa shape index (κ1) is 28.1. The van der Waals surface area contributed by atoms with E-state index in [9.17, 15) is 9.59 Å². The lowest BCUT2D eigenvalue weighted by molar-refractivity contribution is 0.00108. The molecule has 0 saturated carbocycles. The second kappa shape index (κ2) is 13.3. The molecule has 4 aromatic rings. The summed E-state index contributed by atoms with van der Waals surface area (Å²) in [5, 5.41) is 1.40. The molecule has 4 aromatic carbocycles. The van der Waals surface area contributed by atoms with E-state index < -0.39 is 12.2 Å². The van der Waals surface area contributed by atoms with Crippen molar-refractivity contribution < 1.29 is 14.3 Å². The number of rotatable bonds is 10. The quantitative estimate of drug-likeness (QED) is 0.120. The van der Waals surface area contributed by atoms with Gasteiger partial charge in [0.2, 0.25) is 0 Å². The van der Waals surface area contributed by atoms with Crippen molar-refractivity contribution in [2.45, 2.75) is 22.9 Å². The molecule has 37 heavy (non-hydrogen) atoms. The Hall–Kier alpha value is -1.90. The molecular weight excluding hydrogens is 728 g/mol. The summed E-state index contributed by atoms with van der Waals surface area (Å²) >= 11 is 13.8. The van der Waals surface area contributed by atoms with Crippen molar-refractivity contribution in [3.63, 3.8) is 0 Å². The van der Waals surface area contributed by atoms with Gasteiger partial charge in [0.1, 0.15) is 12.2 Å². The first-order chi connectivity index (χ1) is 17.9. The molecule has 0 fully saturated rings. The van der Waals surface area contributed by atoms with Crippen LogP contribution in [0.3, 0.4) is 0 Å². The monoisotopic (exact) mass is 746 g/mol. The first-order valence-electron chi connectivity index (χ1n) is 11.4. The molecule has 0 saturated heterocycles. The fourth-order valence-corrected chi connectivity index (χ4v) is 5.09. The third-order valence-corrected chi connectivity index (χ3v) is 8.23. The smallest absolute Gasteiger partial charge is 0.196 e. The van der Waals surface area contributed by atoms with Crippen molar-refractivity contribution in [3.05, 3.63) is 139 Å². The zero-order valence-corrected chi connectivity index (χ0v) is 25.9. The number of carbonyl (C=O) groups is 2. The Labute approximate surface area is 250 Å². The molecule has 3 nitrogen and oxygen atoms in total. The predicted octanol–water partition coefficient (Wildman–Crippen LogP) is 9.57. The minimum absolute atomic E-state index is 0.218. The van der Waals surface area contributed by atoms with Crippen molar-refractivity contribution in [1.82, 2.24) is 0 Å². The summed E-state index contributed by atoms with van der Waals surface area (Å²) in [5.41, 5.74) is 4.52. The van der Waals surface area contributed by atoms with Crippen LogP contribution in [0, 0.1) is 0 Å². The van der Waals surface area contributed by atoms with Crippen LogP contribution in [0.4, 0.5) is 0 Å². The van der Waals surface area contributed by atoms with Crippen molar-refractivity contribution in [1.29, 1.82) is 0 Å². The van der Waals surface area contributed by atoms with E-state index in [0.29, 0.717) is 32.9 Å². The molecule has 7 heteroatoms. The van der Waals surface area contributed by atoms with Crippen LogP contribution in [0.1, 0.15) is 55.2 Å². The van der Waals surface area contributed by atoms with Crippen molar-refractivity contribution >= 4 is 75.3 Å². The standard InChI is InChI=1S/C30H22Br4O3/c31-17-19-1-5-23(6-2-19)29(27(35)21-9-13-25(33)14-10-21)37-30(24-7-3-20(18-32)4-8-24)28(36)22-11-15-26(34)16-12-22/h1-16,29-30H,17-18H2. The number of halogens is 4. The van der Waals surface area contributed by atoms with E-state index in [2.05, 4.69) is 63.7 Å². The fraction of sp³-hybridized carbons (Fsp3) is 0.133. The number of hydrogen-bond acceptors (Lipinski definition) is 3. The third-order valence-electron chi connectivity index (χ3n) is 5.88. The number of hydrogen-bond donors (Lipinski definition) is 0. The molecule has 4 rings (SSSR count). The fourth-order valence-electron chi connectivity index (χ4n) is 3.81. The van der Waals surface area contributed by atoms with Gasteiger partial charge in [-0.25, -0.2) is 0 Å². The maximum absolute atomic E-state index is 13.8. The van der Waals surface area contributed by atoms with Crippen molar-refractivity contribution in [3.8, 4) is 0 Å². The van der Waals surface area contributed by atoms with Crippen LogP contribution in [0.2, 0.25) is 0 Å². The zero-order chi connectivity index (χ0) is 26.4. The Bertz CT molecular complexity index is 1240. The molecule has 0 radical (unpaired) electrons. The molecule has 188 valence electrons. The van der Waals surface area contributed by atoms with Gasteiger partial charge in [-0.2, -0.15) is 0 Å². The topological polar surface area (TPSA) is 43.4 Å². The second-order valence-electron chi connectivity index (χ2n) is 8.39. The lowest BCUT2D eigenvalue weighted by Gasteiger charge is -2.25. The van der Waals surface area contributed by atoms with Crippen LogP contribution in [0.15, 0.2) is 106 Å². The van der Waals surface area contributed by atoms with E-state index in [1.165, 1.54) is 0 Å². The van der Waals surface area contributed by atoms with Gasteiger partial charge in [-0.05, 0) is 46.5 Å². The molecule has 0 amide bonds. The highest BCUT2D eigenvalue weighted by molar-refractivity contribution is 9.10. The summed E-state index contributed by atoms with van der Waals surface area (Å²) in [6.07, 6.45) is -1.96. The lowest BCUT2D eigenvalue weighted by atomic mass is 9.96. The molecule has 2 atom stereocenters. The Balaban J connectivity index is 1.78. The Morgan fingerprint density at radius 3 is 1.16 bits per heavy atom. The number of Topliss-reactive ketones (excluding diaryl/α,β-unsaturated/α-hetero) is 2. The largest absolute Gasteiger partial charge is 0.349 e. The van der Waals surface area contributed by atoms with E-state index in [4.69, 9.17) is 4.74 Å². The number of ether oxygens (including phenoxy) is 1. The molecule has 0 aromatic heterocycles. The molecule has 0 aliphatic rings. The van der Waals surface area contributed by atoms with Crippen molar-refractivity contribution in [2.24, 2.45) is 0 Å². The average molecular weight is 750 g/mol. The first-order valence-corrected chi connectivity index (χ1v) is 15.3. The van der Waals surface area contributed by atoms with Gasteiger partial charge in [-0.3, -0.25) is 9.59 Å². The maximum atomic E-state index is 13.8. The Morgan fingerprint density at radius 1 is 0.541 bits per heavy atom. The highest BCUT2D eigenvalue weighted by Crippen LogP contribution is 2.33. The Morgan fingerprint density at radius 2 is 0.865 bits per heavy atom. The molecule has 0 heterocycles. The number of alkyl halides is 2. The van der Waals surface area contributed by atoms with Gasteiger partial charge in [-0.15, -0.1) is 0 Å². The lowest BCUT2D eigenvalue weighted by Crippen LogP contribution is -2.24. The van der Waals surface area contributed by atoms with E-state index in [0.717, 1.165) is 20.1 Å². The van der Waals surface area contributed by atoms with Gasteiger partial charge in [0, 0.05) is 30.7 Å². The van der Waals surface area contributed by atoms with Gasteiger partial charge in [-0.1, -0.05) is 137 Å². The van der Waals surface area contributed by atoms with Gasteiger partial charge < -0.3 is 4.74 Å². The second-order valence-corrected chi connectivity index (χ2v) is 11.3. The van der Waals surface area contributed by atoms with E-state index in [1.807, 2.05) is 72.8 Å². The zero-order valence-electron chi connectivity index (χ0n) is 19.5. The molecule has 0 bridgehead atoms. The number of benzene rings is 4. The summed E-state index contributed by atoms with van der Waals surface area (Å²) in [7, 11) is 0. The van der Waals surface area contributed by atoms with Gasteiger partial charge >= 0.3 is 0 Å². The summed E-state index contributed by atoms with van der Waals surface area (Å²) in [4.78, 5) is 27.6. The highest BCUT2D eigenvalue weighted by atomic mass is 79.9. The van der Waals surface area contributed by atoms with Crippen molar-refractivity contribution in [2.75, 3.05) is 0 Å². The SMILES string of the molecule is O=C(c1ccc(Br)cc1)C(OC(C(=O)c1ccc(Br)cc1)c1ccc(CBr)cc1)c1ccc(CBr)cc1. The van der Waals surface area contributed by atoms with Crippen LogP contribution in [0.25, 0.3) is 0 Å². The summed E-state index contributed by atoms with van der Waals surface area (Å²) in [6.45, 7) is 0. The van der Waals surface area contributed by atoms with Crippen LogP contribution in [0.5, 0.6) is 0 Å². The minimum Gasteiger partial charge on any atom is -0.349 e. The van der Waals surface area contributed by atoms with Crippen LogP contribution in [-0.4, -0.2) is 11.6 Å². The van der Waals surface area contributed by atoms with E-state index in [-0.39, 0.29) is 11.6 Å². The molecule has 0 aliphatic heterocycles. The van der Waals surface area contributed by atoms with Gasteiger partial charge in [0.25, 0.3) is 0 Å². The summed E-state index contributed by atoms with van der Waals surface area (Å²) < 4.78 is 8.26. The molecular formula is C30H22Br4O3. The van der Waals surface area contributed by atoms with Crippen LogP contribution in [-0.2, 0) is 15.4 Å². The molecule has 0 aliphatic carbocycles. The van der Waals surface area contributed by atoms with E-state index >= 15 is 0 Å². The molecule has 0 spiro atoms. The van der Waals surface area contributed by atoms with Crippen LogP contribution >= 0.6 is 63.7 Å². The van der Waals surface area contributed by atoms with Gasteiger partial charge in [0.05, 0.1) is 0 Å². The number of carbonyl (C=O) groups excluding carboxylic acids is 2. The average Bonchev–Trinajstić information content (AvgIpc) is 2.94. The normalized spacial score (nSPS) is 12.6. The van der Waals surface area contributed by atoms with E-state index in [1.54, 1.807) is 24.3 Å². The summed E-state index contributed by atoms with van der Waals surface area (Å²) in [5.74, 6) is -0.436. The summed E-state index contributed by atoms with van der Waals surface area (Å²) in [6, 6.07) is 29.6. The minimum atomic E-state index is -0.981. The molecule has 2 unspecified atom stereocenters. The van der Waals surface area contributed by atoms with Crippen LogP contribution < -0.4 is 0 Å². The molecule has 0 N–H and O–H groups in total.